The molecule has 1 amide bonds. The van der Waals surface area contributed by atoms with E-state index in [9.17, 15) is 19.0 Å². The average Bonchev–Trinajstić information content (AvgIpc) is 2.99. The number of fused-ring (bicyclic) bond motifs is 1. The number of amides is 1. The van der Waals surface area contributed by atoms with Crippen molar-refractivity contribution < 1.29 is 19.0 Å². The maximum atomic E-state index is 13.8. The molecular formula is C33H44N4O4S. The quantitative estimate of drug-likeness (QED) is 0.168. The van der Waals surface area contributed by atoms with Crippen LogP contribution < -0.4 is 20.3 Å². The van der Waals surface area contributed by atoms with Crippen LogP contribution >= 0.6 is 10.8 Å². The van der Waals surface area contributed by atoms with Crippen LogP contribution in [0.15, 0.2) is 72.8 Å². The topological polar surface area (TPSA) is 117 Å². The Hall–Kier alpha value is -3.08. The highest BCUT2D eigenvalue weighted by molar-refractivity contribution is 8.25. The van der Waals surface area contributed by atoms with Gasteiger partial charge in [0.1, 0.15) is 0 Å². The lowest BCUT2D eigenvalue weighted by atomic mass is 9.87. The van der Waals surface area contributed by atoms with Gasteiger partial charge in [-0.05, 0) is 80.3 Å². The van der Waals surface area contributed by atoms with Crippen LogP contribution in [0.2, 0.25) is 0 Å². The maximum absolute atomic E-state index is 13.8. The molecule has 6 N–H and O–H groups in total. The molecule has 0 radical (unpaired) electrons. The van der Waals surface area contributed by atoms with Crippen LogP contribution in [0.25, 0.3) is 0 Å². The van der Waals surface area contributed by atoms with E-state index in [0.29, 0.717) is 43.1 Å². The standard InChI is InChI=1S/C33H44N4O4S/c1-2-34-27-20-26(21-28(22-27)37-17-8-9-18-42(37,40)41)33(39)36-31(19-24-11-4-3-5-12-24)32(38)23-35-30-16-10-14-25-13-6-7-15-29(25)30/h3-7,11-13,15,20-22,30-32,34-35,38,40-41H,2,8-10,14,16-19,23H2,1H3,(H,36,39)/t30?,31-,32+/m0/s1. The van der Waals surface area contributed by atoms with Gasteiger partial charge in [-0.2, -0.15) is 0 Å². The lowest BCUT2D eigenvalue weighted by molar-refractivity contribution is 0.0823. The highest BCUT2D eigenvalue weighted by atomic mass is 32.3. The molecule has 1 aliphatic heterocycles. The van der Waals surface area contributed by atoms with E-state index in [4.69, 9.17) is 0 Å². The molecule has 0 bridgehead atoms. The lowest BCUT2D eigenvalue weighted by Gasteiger charge is -2.47. The molecule has 0 saturated carbocycles. The molecule has 3 aromatic rings. The van der Waals surface area contributed by atoms with Gasteiger partial charge in [-0.15, -0.1) is 10.8 Å². The fraction of sp³-hybridized carbons (Fsp3) is 0.424. The zero-order valence-corrected chi connectivity index (χ0v) is 25.2. The van der Waals surface area contributed by atoms with E-state index in [-0.39, 0.29) is 11.9 Å². The van der Waals surface area contributed by atoms with E-state index < -0.39 is 22.9 Å². The molecule has 1 fully saturated rings. The molecular weight excluding hydrogens is 548 g/mol. The first kappa shape index (κ1) is 30.4. The predicted octanol–water partition coefficient (Wildman–Crippen LogP) is 5.75. The van der Waals surface area contributed by atoms with Crippen molar-refractivity contribution in [3.05, 3.63) is 95.1 Å². The van der Waals surface area contributed by atoms with Gasteiger partial charge in [-0.1, -0.05) is 54.6 Å². The van der Waals surface area contributed by atoms with Crippen LogP contribution in [0, 0.1) is 0 Å². The SMILES string of the molecule is CCNc1cc(C(=O)N[C@@H](Cc2ccccc2)[C@H](O)CNC2CCCc3ccccc32)cc(N2CCCCS2(O)O)c1. The molecule has 9 heteroatoms. The van der Waals surface area contributed by atoms with E-state index in [1.165, 1.54) is 11.1 Å². The molecule has 1 saturated heterocycles. The zero-order valence-electron chi connectivity index (χ0n) is 24.3. The van der Waals surface area contributed by atoms with Crippen LogP contribution in [0.5, 0.6) is 0 Å². The second-order valence-corrected chi connectivity index (χ2v) is 13.4. The second kappa shape index (κ2) is 13.9. The van der Waals surface area contributed by atoms with Gasteiger partial charge in [0.25, 0.3) is 5.91 Å². The smallest absolute Gasteiger partial charge is 0.251 e. The summed E-state index contributed by atoms with van der Waals surface area (Å²) in [5, 5.41) is 21.4. The van der Waals surface area contributed by atoms with Gasteiger partial charge in [0.2, 0.25) is 0 Å². The Bertz CT molecular complexity index is 1340. The van der Waals surface area contributed by atoms with Gasteiger partial charge >= 0.3 is 0 Å². The number of nitrogens with one attached hydrogen (secondary N) is 3. The van der Waals surface area contributed by atoms with Crippen molar-refractivity contribution >= 4 is 28.1 Å². The number of nitrogens with zero attached hydrogens (tertiary/aromatic N) is 1. The van der Waals surface area contributed by atoms with Gasteiger partial charge in [0, 0.05) is 36.9 Å². The fourth-order valence-electron chi connectivity index (χ4n) is 6.07. The van der Waals surface area contributed by atoms with Crippen LogP contribution in [0.3, 0.4) is 0 Å². The Morgan fingerprint density at radius 3 is 2.60 bits per heavy atom. The van der Waals surface area contributed by atoms with E-state index in [2.05, 4.69) is 40.2 Å². The fourth-order valence-corrected chi connectivity index (χ4v) is 7.75. The monoisotopic (exact) mass is 592 g/mol. The summed E-state index contributed by atoms with van der Waals surface area (Å²) in [5.41, 5.74) is 5.41. The van der Waals surface area contributed by atoms with Gasteiger partial charge in [0.15, 0.2) is 0 Å². The Morgan fingerprint density at radius 2 is 1.81 bits per heavy atom. The van der Waals surface area contributed by atoms with Crippen LogP contribution in [0.1, 0.15) is 65.7 Å². The van der Waals surface area contributed by atoms with Gasteiger partial charge in [-0.3, -0.25) is 18.2 Å². The summed E-state index contributed by atoms with van der Waals surface area (Å²) in [7, 11) is -2.94. The average molecular weight is 593 g/mol. The number of benzene rings is 3. The van der Waals surface area contributed by atoms with Gasteiger partial charge < -0.3 is 21.1 Å². The van der Waals surface area contributed by atoms with Crippen molar-refractivity contribution in [3.8, 4) is 0 Å². The van der Waals surface area contributed by atoms with Crippen molar-refractivity contribution in [1.82, 2.24) is 10.6 Å². The summed E-state index contributed by atoms with van der Waals surface area (Å²) in [6, 6.07) is 23.3. The molecule has 5 rings (SSSR count). The molecule has 3 aromatic carbocycles. The molecule has 42 heavy (non-hydrogen) atoms. The predicted molar refractivity (Wildman–Crippen MR) is 172 cm³/mol. The van der Waals surface area contributed by atoms with Crippen molar-refractivity contribution in [2.75, 3.05) is 35.0 Å². The van der Waals surface area contributed by atoms with Crippen molar-refractivity contribution in [1.29, 1.82) is 0 Å². The maximum Gasteiger partial charge on any atom is 0.251 e. The molecule has 3 atom stereocenters. The Balaban J connectivity index is 1.35. The number of carbonyl (C=O) groups is 1. The summed E-state index contributed by atoms with van der Waals surface area (Å²) >= 11 is 0. The number of rotatable bonds is 11. The minimum atomic E-state index is -2.94. The normalized spacial score (nSPS) is 20.2. The summed E-state index contributed by atoms with van der Waals surface area (Å²) in [6.45, 7) is 3.50. The summed E-state index contributed by atoms with van der Waals surface area (Å²) < 4.78 is 23.1. The first-order valence-corrected chi connectivity index (χ1v) is 16.8. The minimum absolute atomic E-state index is 0.168. The molecule has 2 aliphatic rings. The van der Waals surface area contributed by atoms with E-state index >= 15 is 0 Å². The zero-order chi connectivity index (χ0) is 29.5. The molecule has 8 nitrogen and oxygen atoms in total. The Morgan fingerprint density at radius 1 is 1.02 bits per heavy atom. The van der Waals surface area contributed by atoms with Crippen LogP contribution in [-0.2, 0) is 12.8 Å². The highest BCUT2D eigenvalue weighted by Crippen LogP contribution is 2.50. The second-order valence-electron chi connectivity index (χ2n) is 11.3. The molecule has 0 spiro atoms. The van der Waals surface area contributed by atoms with E-state index in [1.807, 2.05) is 43.3 Å². The number of anilines is 2. The van der Waals surface area contributed by atoms with Crippen molar-refractivity contribution in [3.63, 3.8) is 0 Å². The summed E-state index contributed by atoms with van der Waals surface area (Å²) in [6.07, 6.45) is 4.45. The summed E-state index contributed by atoms with van der Waals surface area (Å²) in [5.74, 6) is 0.0107. The number of aliphatic hydroxyl groups is 1. The first-order chi connectivity index (χ1) is 20.3. The third-order valence-corrected chi connectivity index (χ3v) is 10.2. The lowest BCUT2D eigenvalue weighted by Crippen LogP contribution is -2.49. The molecule has 1 heterocycles. The van der Waals surface area contributed by atoms with Crippen LogP contribution in [0.4, 0.5) is 11.4 Å². The van der Waals surface area contributed by atoms with E-state index in [1.54, 1.807) is 16.4 Å². The Kier molecular flexibility index (Phi) is 10.1. The third kappa shape index (κ3) is 7.46. The Labute approximate surface area is 251 Å². The van der Waals surface area contributed by atoms with E-state index in [0.717, 1.165) is 43.4 Å². The molecule has 0 aromatic heterocycles. The largest absolute Gasteiger partial charge is 0.390 e. The van der Waals surface area contributed by atoms with Gasteiger partial charge in [0.05, 0.1) is 23.6 Å². The third-order valence-electron chi connectivity index (χ3n) is 8.25. The number of carbonyl (C=O) groups excluding carboxylic acids is 1. The molecule has 1 unspecified atom stereocenters. The first-order valence-electron chi connectivity index (χ1n) is 15.1. The van der Waals surface area contributed by atoms with Crippen molar-refractivity contribution in [2.45, 2.75) is 63.6 Å². The van der Waals surface area contributed by atoms with Gasteiger partial charge in [-0.25, -0.2) is 0 Å². The molecule has 1 aliphatic carbocycles. The molecule has 226 valence electrons. The highest BCUT2D eigenvalue weighted by Gasteiger charge is 2.29. The van der Waals surface area contributed by atoms with Crippen LogP contribution in [-0.4, -0.2) is 57.7 Å². The number of aryl methyl sites for hydroxylation is 1. The summed E-state index contributed by atoms with van der Waals surface area (Å²) in [4.78, 5) is 13.8. The number of hydrogen-bond donors (Lipinski definition) is 6. The van der Waals surface area contributed by atoms with Crippen molar-refractivity contribution in [2.24, 2.45) is 0 Å². The minimum Gasteiger partial charge on any atom is -0.390 e. The number of aliphatic hydroxyl groups excluding tert-OH is 1. The number of hydrogen-bond acceptors (Lipinski definition) is 7.